The number of benzene rings is 1. The van der Waals surface area contributed by atoms with Gasteiger partial charge in [-0.3, -0.25) is 9.78 Å². The first kappa shape index (κ1) is 15.5. The van der Waals surface area contributed by atoms with Gasteiger partial charge in [-0.25, -0.2) is 5.43 Å². The minimum atomic E-state index is -0.354. The van der Waals surface area contributed by atoms with E-state index in [2.05, 4.69) is 15.5 Å². The minimum absolute atomic E-state index is 0.0983. The molecule has 0 bridgehead atoms. The number of anilines is 1. The number of rotatable bonds is 4. The summed E-state index contributed by atoms with van der Waals surface area (Å²) in [5.41, 5.74) is 5.07. The van der Waals surface area contributed by atoms with Crippen LogP contribution < -0.4 is 10.3 Å². The van der Waals surface area contributed by atoms with Crippen molar-refractivity contribution in [1.29, 1.82) is 0 Å². The minimum Gasteiger partial charge on any atom is -0.507 e. The van der Waals surface area contributed by atoms with E-state index in [0.717, 1.165) is 11.4 Å². The van der Waals surface area contributed by atoms with Crippen molar-refractivity contribution >= 4 is 17.8 Å². The second-order valence-corrected chi connectivity index (χ2v) is 5.02. The molecule has 0 saturated heterocycles. The van der Waals surface area contributed by atoms with Crippen LogP contribution in [0.2, 0.25) is 0 Å². The molecule has 6 heteroatoms. The lowest BCUT2D eigenvalue weighted by Gasteiger charge is -2.12. The molecular weight excluding hydrogens is 280 g/mol. The number of phenolic OH excluding ortho intramolecular Hbond substituents is 1. The smallest absolute Gasteiger partial charge is 0.272 e. The summed E-state index contributed by atoms with van der Waals surface area (Å²) in [6.45, 7) is 1.85. The maximum absolute atomic E-state index is 11.8. The van der Waals surface area contributed by atoms with Crippen LogP contribution in [0.4, 0.5) is 5.69 Å². The number of hydrogen-bond acceptors (Lipinski definition) is 5. The van der Waals surface area contributed by atoms with Crippen LogP contribution in [0.5, 0.6) is 5.75 Å². The summed E-state index contributed by atoms with van der Waals surface area (Å²) < 4.78 is 0. The molecule has 2 N–H and O–H groups in total. The Morgan fingerprint density at radius 2 is 2.09 bits per heavy atom. The Labute approximate surface area is 129 Å². The number of nitrogens with one attached hydrogen (secondary N) is 1. The van der Waals surface area contributed by atoms with E-state index in [1.54, 1.807) is 24.3 Å². The zero-order valence-corrected chi connectivity index (χ0v) is 12.7. The molecule has 2 rings (SSSR count). The van der Waals surface area contributed by atoms with Crippen LogP contribution in [0, 0.1) is 6.92 Å². The number of aromatic nitrogens is 1. The van der Waals surface area contributed by atoms with Crippen LogP contribution in [0.3, 0.4) is 0 Å². The number of nitrogens with zero attached hydrogens (tertiary/aromatic N) is 3. The maximum atomic E-state index is 11.8. The Morgan fingerprint density at radius 3 is 2.68 bits per heavy atom. The van der Waals surface area contributed by atoms with Crippen molar-refractivity contribution in [1.82, 2.24) is 10.4 Å². The lowest BCUT2D eigenvalue weighted by atomic mass is 10.2. The van der Waals surface area contributed by atoms with Gasteiger partial charge in [-0.05, 0) is 31.2 Å². The molecule has 0 fully saturated rings. The number of aromatic hydroxyl groups is 1. The predicted octanol–water partition coefficient (Wildman–Crippen LogP) is 1.93. The van der Waals surface area contributed by atoms with Gasteiger partial charge in [-0.1, -0.05) is 0 Å². The normalized spacial score (nSPS) is 10.7. The first-order valence-corrected chi connectivity index (χ1v) is 6.74. The van der Waals surface area contributed by atoms with Crippen molar-refractivity contribution in [3.05, 3.63) is 53.3 Å². The third kappa shape index (κ3) is 3.82. The summed E-state index contributed by atoms with van der Waals surface area (Å²) >= 11 is 0. The van der Waals surface area contributed by atoms with E-state index in [1.165, 1.54) is 12.4 Å². The number of carbonyl (C=O) groups is 1. The highest BCUT2D eigenvalue weighted by atomic mass is 16.3. The SMILES string of the molecule is Cc1ccc(C(=O)N/N=C/c2ccc(N(C)C)cc2O)cn1. The highest BCUT2D eigenvalue weighted by molar-refractivity contribution is 5.94. The maximum Gasteiger partial charge on any atom is 0.272 e. The van der Waals surface area contributed by atoms with Crippen LogP contribution in [-0.4, -0.2) is 36.3 Å². The van der Waals surface area contributed by atoms with Crippen molar-refractivity contribution < 1.29 is 9.90 Å². The molecule has 1 aromatic heterocycles. The van der Waals surface area contributed by atoms with E-state index in [-0.39, 0.29) is 11.7 Å². The molecule has 0 aliphatic heterocycles. The Bertz CT molecular complexity index is 694. The molecule has 22 heavy (non-hydrogen) atoms. The van der Waals surface area contributed by atoms with E-state index in [0.29, 0.717) is 11.1 Å². The average Bonchev–Trinajstić information content (AvgIpc) is 2.49. The Hall–Kier alpha value is -2.89. The van der Waals surface area contributed by atoms with Gasteiger partial charge in [-0.2, -0.15) is 5.10 Å². The van der Waals surface area contributed by atoms with E-state index in [9.17, 15) is 9.90 Å². The summed E-state index contributed by atoms with van der Waals surface area (Å²) in [6, 6.07) is 8.65. The number of amides is 1. The molecular formula is C16H18N4O2. The molecule has 114 valence electrons. The molecule has 0 radical (unpaired) electrons. The highest BCUT2D eigenvalue weighted by Crippen LogP contribution is 2.22. The van der Waals surface area contributed by atoms with Crippen LogP contribution >= 0.6 is 0 Å². The van der Waals surface area contributed by atoms with Crippen molar-refractivity contribution in [3.63, 3.8) is 0 Å². The van der Waals surface area contributed by atoms with Gasteiger partial charge in [0.25, 0.3) is 5.91 Å². The summed E-state index contributed by atoms with van der Waals surface area (Å²) in [6.07, 6.45) is 2.89. The molecule has 0 unspecified atom stereocenters. The monoisotopic (exact) mass is 298 g/mol. The topological polar surface area (TPSA) is 77.8 Å². The second kappa shape index (κ2) is 6.71. The number of pyridine rings is 1. The van der Waals surface area contributed by atoms with Gasteiger partial charge in [0.1, 0.15) is 5.75 Å². The summed E-state index contributed by atoms with van der Waals surface area (Å²) in [7, 11) is 3.77. The molecule has 0 aliphatic rings. The molecule has 2 aromatic rings. The van der Waals surface area contributed by atoms with Gasteiger partial charge in [0.15, 0.2) is 0 Å². The van der Waals surface area contributed by atoms with Gasteiger partial charge in [0.05, 0.1) is 11.8 Å². The van der Waals surface area contributed by atoms with Gasteiger partial charge in [0, 0.05) is 43.3 Å². The zero-order chi connectivity index (χ0) is 16.1. The quantitative estimate of drug-likeness (QED) is 0.668. The molecule has 1 amide bonds. The summed E-state index contributed by atoms with van der Waals surface area (Å²) in [5.74, 6) is -0.255. The van der Waals surface area contributed by atoms with E-state index in [1.807, 2.05) is 32.0 Å². The lowest BCUT2D eigenvalue weighted by Crippen LogP contribution is -2.17. The Morgan fingerprint density at radius 1 is 1.32 bits per heavy atom. The molecule has 0 spiro atoms. The first-order valence-electron chi connectivity index (χ1n) is 6.74. The molecule has 0 saturated carbocycles. The van der Waals surface area contributed by atoms with Crippen molar-refractivity contribution in [3.8, 4) is 5.75 Å². The number of aryl methyl sites for hydroxylation is 1. The number of hydrazone groups is 1. The number of carbonyl (C=O) groups excluding carboxylic acids is 1. The predicted molar refractivity (Wildman–Crippen MR) is 86.5 cm³/mol. The summed E-state index contributed by atoms with van der Waals surface area (Å²) in [5, 5.41) is 13.8. The van der Waals surface area contributed by atoms with Gasteiger partial charge in [-0.15, -0.1) is 0 Å². The van der Waals surface area contributed by atoms with E-state index >= 15 is 0 Å². The van der Waals surface area contributed by atoms with Crippen LogP contribution in [0.1, 0.15) is 21.6 Å². The van der Waals surface area contributed by atoms with Crippen LogP contribution in [0.25, 0.3) is 0 Å². The highest BCUT2D eigenvalue weighted by Gasteiger charge is 2.05. The van der Waals surface area contributed by atoms with E-state index < -0.39 is 0 Å². The fraction of sp³-hybridized carbons (Fsp3) is 0.188. The molecule has 1 aromatic carbocycles. The second-order valence-electron chi connectivity index (χ2n) is 5.02. The summed E-state index contributed by atoms with van der Waals surface area (Å²) in [4.78, 5) is 17.8. The lowest BCUT2D eigenvalue weighted by molar-refractivity contribution is 0.0954. The first-order chi connectivity index (χ1) is 10.5. The molecule has 6 nitrogen and oxygen atoms in total. The average molecular weight is 298 g/mol. The van der Waals surface area contributed by atoms with Crippen molar-refractivity contribution in [2.24, 2.45) is 5.10 Å². The van der Waals surface area contributed by atoms with Crippen molar-refractivity contribution in [2.45, 2.75) is 6.92 Å². The van der Waals surface area contributed by atoms with Gasteiger partial charge < -0.3 is 10.0 Å². The van der Waals surface area contributed by atoms with Gasteiger partial charge in [0.2, 0.25) is 0 Å². The largest absolute Gasteiger partial charge is 0.507 e. The fourth-order valence-corrected chi connectivity index (χ4v) is 1.75. The fourth-order valence-electron chi connectivity index (χ4n) is 1.75. The van der Waals surface area contributed by atoms with Crippen LogP contribution in [0.15, 0.2) is 41.6 Å². The Kier molecular flexibility index (Phi) is 4.73. The van der Waals surface area contributed by atoms with Crippen LogP contribution in [-0.2, 0) is 0 Å². The standard InChI is InChI=1S/C16H18N4O2/c1-11-4-5-13(9-17-11)16(22)19-18-10-12-6-7-14(20(2)3)8-15(12)21/h4-10,21H,1-3H3,(H,19,22)/b18-10+. The van der Waals surface area contributed by atoms with Crippen molar-refractivity contribution in [2.75, 3.05) is 19.0 Å². The third-order valence-corrected chi connectivity index (χ3v) is 3.07. The zero-order valence-electron chi connectivity index (χ0n) is 12.7. The third-order valence-electron chi connectivity index (χ3n) is 3.07. The van der Waals surface area contributed by atoms with E-state index in [4.69, 9.17) is 0 Å². The molecule has 0 atom stereocenters. The molecule has 0 aliphatic carbocycles. The number of hydrogen-bond donors (Lipinski definition) is 2. The van der Waals surface area contributed by atoms with Gasteiger partial charge >= 0.3 is 0 Å². The Balaban J connectivity index is 2.03. The molecule has 1 heterocycles. The number of phenols is 1.